The second kappa shape index (κ2) is 11.3. The van der Waals surface area contributed by atoms with E-state index in [0.717, 1.165) is 12.8 Å². The maximum atomic E-state index is 10.8. The van der Waals surface area contributed by atoms with E-state index in [1.165, 1.54) is 39.2 Å². The maximum absolute atomic E-state index is 10.8. The molecule has 0 unspecified atom stereocenters. The van der Waals surface area contributed by atoms with Crippen LogP contribution < -0.4 is 0 Å². The number of carbonyl (C=O) groups excluding carboxylic acids is 1. The third-order valence-electron chi connectivity index (χ3n) is 2.35. The average molecular weight is 212 g/mol. The van der Waals surface area contributed by atoms with E-state index in [1.807, 2.05) is 0 Å². The monoisotopic (exact) mass is 212 g/mol. The third kappa shape index (κ3) is 11.1. The Hall–Kier alpha value is -0.790. The molecule has 0 atom stereocenters. The fraction of sp³-hybridized carbons (Fsp3) is 0.769. The summed E-state index contributed by atoms with van der Waals surface area (Å²) in [5.41, 5.74) is 0. The fourth-order valence-corrected chi connectivity index (χ4v) is 1.39. The minimum atomic E-state index is -0.0853. The van der Waals surface area contributed by atoms with Gasteiger partial charge < -0.3 is 4.74 Å². The van der Waals surface area contributed by atoms with Crippen LogP contribution in [0.5, 0.6) is 0 Å². The number of carbonyl (C=O) groups is 1. The number of hydrogen-bond acceptors (Lipinski definition) is 2. The number of ether oxygens (including phenoxy) is 1. The molecule has 0 radical (unpaired) electrons. The molecule has 2 nitrogen and oxygen atoms in total. The first-order chi connectivity index (χ1) is 7.31. The minimum Gasteiger partial charge on any atom is -0.469 e. The van der Waals surface area contributed by atoms with Crippen LogP contribution in [0.2, 0.25) is 0 Å². The lowest BCUT2D eigenvalue weighted by molar-refractivity contribution is -0.140. The van der Waals surface area contributed by atoms with Crippen LogP contribution in [0.25, 0.3) is 0 Å². The highest BCUT2D eigenvalue weighted by Gasteiger charge is 1.98. The summed E-state index contributed by atoms with van der Waals surface area (Å²) in [5, 5.41) is 0. The third-order valence-corrected chi connectivity index (χ3v) is 2.35. The summed E-state index contributed by atoms with van der Waals surface area (Å²) in [5.74, 6) is -0.0853. The summed E-state index contributed by atoms with van der Waals surface area (Å²) >= 11 is 0. The Kier molecular flexibility index (Phi) is 10.7. The number of allylic oxidation sites excluding steroid dienone is 2. The molecule has 0 fully saturated rings. The molecule has 0 saturated carbocycles. The molecule has 0 saturated heterocycles. The van der Waals surface area contributed by atoms with Gasteiger partial charge >= 0.3 is 5.97 Å². The highest BCUT2D eigenvalue weighted by atomic mass is 16.5. The molecule has 0 heterocycles. The van der Waals surface area contributed by atoms with Crippen molar-refractivity contribution < 1.29 is 9.53 Å². The van der Waals surface area contributed by atoms with Gasteiger partial charge in [0.1, 0.15) is 0 Å². The van der Waals surface area contributed by atoms with Gasteiger partial charge in [0.15, 0.2) is 0 Å². The van der Waals surface area contributed by atoms with Crippen LogP contribution in [0.1, 0.15) is 58.3 Å². The zero-order valence-electron chi connectivity index (χ0n) is 10.1. The quantitative estimate of drug-likeness (QED) is 0.329. The number of unbranched alkanes of at least 4 members (excludes halogenated alkanes) is 5. The molecule has 0 bridgehead atoms. The standard InChI is InChI=1S/C13H24O2/c1-3-4-5-6-7-8-9-10-11-12-13(14)15-2/h5-6H,3-4,7-12H2,1-2H3/b6-5+. The van der Waals surface area contributed by atoms with Gasteiger partial charge in [-0.15, -0.1) is 0 Å². The SMILES string of the molecule is CCC/C=C/CCCCCCC(=O)OC. The van der Waals surface area contributed by atoms with Gasteiger partial charge in [0, 0.05) is 6.42 Å². The van der Waals surface area contributed by atoms with Crippen LogP contribution in [0.15, 0.2) is 12.2 Å². The van der Waals surface area contributed by atoms with Crippen LogP contribution >= 0.6 is 0 Å². The molecule has 0 aliphatic heterocycles. The minimum absolute atomic E-state index is 0.0853. The van der Waals surface area contributed by atoms with Crippen LogP contribution in [0.4, 0.5) is 0 Å². The van der Waals surface area contributed by atoms with Crippen molar-refractivity contribution in [2.45, 2.75) is 58.3 Å². The van der Waals surface area contributed by atoms with E-state index in [1.54, 1.807) is 0 Å². The molecule has 0 aliphatic carbocycles. The summed E-state index contributed by atoms with van der Waals surface area (Å²) < 4.78 is 4.57. The molecule has 2 heteroatoms. The summed E-state index contributed by atoms with van der Waals surface area (Å²) in [6.07, 6.45) is 13.3. The summed E-state index contributed by atoms with van der Waals surface area (Å²) in [7, 11) is 1.45. The first kappa shape index (κ1) is 14.2. The zero-order chi connectivity index (χ0) is 11.4. The van der Waals surface area contributed by atoms with Gasteiger partial charge in [0.05, 0.1) is 7.11 Å². The summed E-state index contributed by atoms with van der Waals surface area (Å²) in [4.78, 5) is 10.8. The Bertz CT molecular complexity index is 173. The van der Waals surface area contributed by atoms with Crippen molar-refractivity contribution >= 4 is 5.97 Å². The number of esters is 1. The molecule has 0 aromatic carbocycles. The van der Waals surface area contributed by atoms with Gasteiger partial charge in [-0.3, -0.25) is 4.79 Å². The predicted molar refractivity (Wildman–Crippen MR) is 63.8 cm³/mol. The van der Waals surface area contributed by atoms with E-state index in [-0.39, 0.29) is 5.97 Å². The highest BCUT2D eigenvalue weighted by Crippen LogP contribution is 2.06. The van der Waals surface area contributed by atoms with Gasteiger partial charge in [-0.05, 0) is 25.7 Å². The van der Waals surface area contributed by atoms with E-state index in [4.69, 9.17) is 0 Å². The first-order valence-corrected chi connectivity index (χ1v) is 6.03. The Morgan fingerprint density at radius 1 is 1.07 bits per heavy atom. The molecule has 0 aromatic heterocycles. The van der Waals surface area contributed by atoms with Gasteiger partial charge in [-0.1, -0.05) is 38.3 Å². The van der Waals surface area contributed by atoms with E-state index in [9.17, 15) is 4.79 Å². The first-order valence-electron chi connectivity index (χ1n) is 6.03. The van der Waals surface area contributed by atoms with Gasteiger partial charge in [-0.25, -0.2) is 0 Å². The maximum Gasteiger partial charge on any atom is 0.305 e. The Balaban J connectivity index is 3.08. The van der Waals surface area contributed by atoms with E-state index in [0.29, 0.717) is 6.42 Å². The second-order valence-corrected chi connectivity index (χ2v) is 3.79. The molecule has 0 rings (SSSR count). The Morgan fingerprint density at radius 2 is 1.73 bits per heavy atom. The van der Waals surface area contributed by atoms with Crippen LogP contribution in [0, 0.1) is 0 Å². The second-order valence-electron chi connectivity index (χ2n) is 3.79. The van der Waals surface area contributed by atoms with Crippen LogP contribution in [-0.2, 0) is 9.53 Å². The van der Waals surface area contributed by atoms with Gasteiger partial charge in [-0.2, -0.15) is 0 Å². The average Bonchev–Trinajstić information content (AvgIpc) is 2.26. The van der Waals surface area contributed by atoms with E-state index >= 15 is 0 Å². The molecular formula is C13H24O2. The summed E-state index contributed by atoms with van der Waals surface area (Å²) in [6, 6.07) is 0. The molecule has 15 heavy (non-hydrogen) atoms. The smallest absolute Gasteiger partial charge is 0.305 e. The van der Waals surface area contributed by atoms with Crippen LogP contribution in [0.3, 0.4) is 0 Å². The van der Waals surface area contributed by atoms with E-state index < -0.39 is 0 Å². The molecule has 0 amide bonds. The topological polar surface area (TPSA) is 26.3 Å². The van der Waals surface area contributed by atoms with Crippen molar-refractivity contribution in [1.82, 2.24) is 0 Å². The molecular weight excluding hydrogens is 188 g/mol. The molecule has 0 spiro atoms. The number of rotatable bonds is 9. The van der Waals surface area contributed by atoms with Gasteiger partial charge in [0.2, 0.25) is 0 Å². The van der Waals surface area contributed by atoms with Crippen molar-refractivity contribution in [1.29, 1.82) is 0 Å². The van der Waals surface area contributed by atoms with Crippen molar-refractivity contribution in [2.75, 3.05) is 7.11 Å². The molecule has 88 valence electrons. The largest absolute Gasteiger partial charge is 0.469 e. The number of methoxy groups -OCH3 is 1. The Labute approximate surface area is 93.7 Å². The number of hydrogen-bond donors (Lipinski definition) is 0. The Morgan fingerprint density at radius 3 is 2.40 bits per heavy atom. The van der Waals surface area contributed by atoms with Gasteiger partial charge in [0.25, 0.3) is 0 Å². The molecule has 0 aliphatic rings. The van der Waals surface area contributed by atoms with E-state index in [2.05, 4.69) is 23.8 Å². The van der Waals surface area contributed by atoms with Crippen molar-refractivity contribution in [3.05, 3.63) is 12.2 Å². The van der Waals surface area contributed by atoms with Crippen molar-refractivity contribution in [2.24, 2.45) is 0 Å². The normalized spacial score (nSPS) is 10.8. The lowest BCUT2D eigenvalue weighted by Crippen LogP contribution is -1.98. The highest BCUT2D eigenvalue weighted by molar-refractivity contribution is 5.68. The van der Waals surface area contributed by atoms with Crippen molar-refractivity contribution in [3.8, 4) is 0 Å². The van der Waals surface area contributed by atoms with Crippen LogP contribution in [-0.4, -0.2) is 13.1 Å². The lowest BCUT2D eigenvalue weighted by atomic mass is 10.1. The fourth-order valence-electron chi connectivity index (χ4n) is 1.39. The predicted octanol–water partition coefficient (Wildman–Crippen LogP) is 3.86. The molecule has 0 aromatic rings. The summed E-state index contributed by atoms with van der Waals surface area (Å²) in [6.45, 7) is 2.19. The molecule has 0 N–H and O–H groups in total. The van der Waals surface area contributed by atoms with Crippen molar-refractivity contribution in [3.63, 3.8) is 0 Å². The lowest BCUT2D eigenvalue weighted by Gasteiger charge is -1.99. The zero-order valence-corrected chi connectivity index (χ0v) is 10.1.